The quantitative estimate of drug-likeness (QED) is 0.319. The van der Waals surface area contributed by atoms with Crippen molar-refractivity contribution in [2.45, 2.75) is 5.03 Å². The van der Waals surface area contributed by atoms with Gasteiger partial charge in [0.05, 0.1) is 24.1 Å². The van der Waals surface area contributed by atoms with Gasteiger partial charge in [0.25, 0.3) is 0 Å². The number of nitriles is 1. The van der Waals surface area contributed by atoms with Gasteiger partial charge in [-0.05, 0) is 53.9 Å². The summed E-state index contributed by atoms with van der Waals surface area (Å²) in [7, 11) is 1.62. The topological polar surface area (TPSA) is 93.5 Å². The fraction of sp³-hybridized carbons (Fsp3) is 0.115. The molecule has 2 aromatic heterocycles. The van der Waals surface area contributed by atoms with Crippen LogP contribution in [0.3, 0.4) is 0 Å². The lowest BCUT2D eigenvalue weighted by Crippen LogP contribution is -2.14. The molecule has 1 N–H and O–H groups in total. The summed E-state index contributed by atoms with van der Waals surface area (Å²) < 4.78 is 15.9. The summed E-state index contributed by atoms with van der Waals surface area (Å²) in [5.41, 5.74) is 3.46. The van der Waals surface area contributed by atoms with Gasteiger partial charge in [-0.1, -0.05) is 17.8 Å². The SMILES string of the molecule is COc1ccc(-c2cc(-c3cccs3)c(C#N)c(SCC(=O)Nc3ccc4c(c3)OCO4)n2)cc1. The lowest BCUT2D eigenvalue weighted by molar-refractivity contribution is -0.113. The van der Waals surface area contributed by atoms with Gasteiger partial charge in [0.1, 0.15) is 16.8 Å². The molecule has 9 heteroatoms. The number of ether oxygens (including phenoxy) is 3. The Morgan fingerprint density at radius 1 is 1.17 bits per heavy atom. The summed E-state index contributed by atoms with van der Waals surface area (Å²) in [6.07, 6.45) is 0. The molecule has 1 aliphatic rings. The molecule has 0 saturated heterocycles. The molecule has 1 aliphatic heterocycles. The van der Waals surface area contributed by atoms with E-state index in [1.54, 1.807) is 36.6 Å². The first-order valence-corrected chi connectivity index (χ1v) is 12.5. The Morgan fingerprint density at radius 2 is 2.00 bits per heavy atom. The smallest absolute Gasteiger partial charge is 0.234 e. The summed E-state index contributed by atoms with van der Waals surface area (Å²) in [4.78, 5) is 18.4. The molecule has 0 aliphatic carbocycles. The number of anilines is 1. The normalized spacial score (nSPS) is 11.7. The average Bonchev–Trinajstić information content (AvgIpc) is 3.59. The minimum absolute atomic E-state index is 0.0894. The van der Waals surface area contributed by atoms with Crippen molar-refractivity contribution in [1.82, 2.24) is 4.98 Å². The molecular formula is C26H19N3O4S2. The number of hydrogen-bond donors (Lipinski definition) is 1. The molecule has 0 saturated carbocycles. The van der Waals surface area contributed by atoms with Crippen molar-refractivity contribution >= 4 is 34.7 Å². The van der Waals surface area contributed by atoms with E-state index in [1.165, 1.54) is 11.8 Å². The predicted molar refractivity (Wildman–Crippen MR) is 136 cm³/mol. The fourth-order valence-corrected chi connectivity index (χ4v) is 5.13. The molecule has 4 aromatic rings. The van der Waals surface area contributed by atoms with Crippen molar-refractivity contribution < 1.29 is 19.0 Å². The second-order valence-corrected chi connectivity index (χ2v) is 9.37. The minimum atomic E-state index is -0.216. The molecule has 0 bridgehead atoms. The van der Waals surface area contributed by atoms with Crippen LogP contribution in [0.1, 0.15) is 5.56 Å². The van der Waals surface area contributed by atoms with Gasteiger partial charge in [0.15, 0.2) is 11.5 Å². The van der Waals surface area contributed by atoms with Crippen LogP contribution in [0.2, 0.25) is 0 Å². The van der Waals surface area contributed by atoms with Gasteiger partial charge in [-0.2, -0.15) is 5.26 Å². The number of fused-ring (bicyclic) bond motifs is 1. The highest BCUT2D eigenvalue weighted by molar-refractivity contribution is 8.00. The third-order valence-corrected chi connectivity index (χ3v) is 7.15. The average molecular weight is 502 g/mol. The maximum Gasteiger partial charge on any atom is 0.234 e. The standard InChI is InChI=1S/C26H19N3O4S2/c1-31-18-7-4-16(5-8-18)21-12-19(24-3-2-10-34-24)20(13-27)26(29-21)35-14-25(30)28-17-6-9-22-23(11-17)33-15-32-22/h2-12H,14-15H2,1H3,(H,28,30). The van der Waals surface area contributed by atoms with Gasteiger partial charge in [-0.3, -0.25) is 4.79 Å². The number of hydrogen-bond acceptors (Lipinski definition) is 8. The van der Waals surface area contributed by atoms with E-state index >= 15 is 0 Å². The zero-order valence-electron chi connectivity index (χ0n) is 18.6. The van der Waals surface area contributed by atoms with Crippen molar-refractivity contribution in [1.29, 1.82) is 5.26 Å². The number of amides is 1. The van der Waals surface area contributed by atoms with E-state index in [4.69, 9.17) is 19.2 Å². The highest BCUT2D eigenvalue weighted by Crippen LogP contribution is 2.37. The van der Waals surface area contributed by atoms with Crippen molar-refractivity contribution in [3.8, 4) is 45.0 Å². The number of nitrogens with one attached hydrogen (secondary N) is 1. The van der Waals surface area contributed by atoms with E-state index in [0.717, 1.165) is 21.8 Å². The number of carbonyl (C=O) groups is 1. The molecule has 0 unspecified atom stereocenters. The number of rotatable bonds is 7. The number of thioether (sulfide) groups is 1. The molecule has 35 heavy (non-hydrogen) atoms. The van der Waals surface area contributed by atoms with Crippen LogP contribution in [0, 0.1) is 11.3 Å². The van der Waals surface area contributed by atoms with Crippen molar-refractivity contribution in [3.63, 3.8) is 0 Å². The summed E-state index contributed by atoms with van der Waals surface area (Å²) in [6.45, 7) is 0.169. The van der Waals surface area contributed by atoms with Crippen LogP contribution in [0.15, 0.2) is 71.1 Å². The van der Waals surface area contributed by atoms with Crippen LogP contribution in [0.4, 0.5) is 5.69 Å². The van der Waals surface area contributed by atoms with Crippen LogP contribution in [0.25, 0.3) is 21.7 Å². The number of methoxy groups -OCH3 is 1. The molecular weight excluding hydrogens is 482 g/mol. The van der Waals surface area contributed by atoms with Crippen LogP contribution >= 0.6 is 23.1 Å². The zero-order chi connectivity index (χ0) is 24.2. The Balaban J connectivity index is 1.42. The van der Waals surface area contributed by atoms with Crippen LogP contribution in [-0.2, 0) is 4.79 Å². The van der Waals surface area contributed by atoms with E-state index in [9.17, 15) is 10.1 Å². The maximum absolute atomic E-state index is 12.7. The predicted octanol–water partition coefficient (Wildman–Crippen LogP) is 5.82. The summed E-state index contributed by atoms with van der Waals surface area (Å²) in [5.74, 6) is 1.86. The summed E-state index contributed by atoms with van der Waals surface area (Å²) in [6, 6.07) is 20.9. The van der Waals surface area contributed by atoms with Crippen LogP contribution in [0.5, 0.6) is 17.2 Å². The Bertz CT molecular complexity index is 1410. The molecule has 3 heterocycles. The first-order valence-electron chi connectivity index (χ1n) is 10.6. The molecule has 2 aromatic carbocycles. The number of benzene rings is 2. The Labute approximate surface area is 210 Å². The first kappa shape index (κ1) is 22.8. The van der Waals surface area contributed by atoms with E-state index < -0.39 is 0 Å². The van der Waals surface area contributed by atoms with E-state index in [1.807, 2.05) is 47.8 Å². The van der Waals surface area contributed by atoms with Gasteiger partial charge < -0.3 is 19.5 Å². The molecule has 0 spiro atoms. The highest BCUT2D eigenvalue weighted by atomic mass is 32.2. The highest BCUT2D eigenvalue weighted by Gasteiger charge is 2.18. The van der Waals surface area contributed by atoms with Gasteiger partial charge in [-0.25, -0.2) is 4.98 Å². The largest absolute Gasteiger partial charge is 0.497 e. The van der Waals surface area contributed by atoms with Gasteiger partial charge in [0, 0.05) is 27.8 Å². The van der Waals surface area contributed by atoms with Crippen molar-refractivity contribution in [2.24, 2.45) is 0 Å². The minimum Gasteiger partial charge on any atom is -0.497 e. The summed E-state index contributed by atoms with van der Waals surface area (Å²) in [5, 5.41) is 15.3. The zero-order valence-corrected chi connectivity index (χ0v) is 20.2. The molecule has 174 valence electrons. The van der Waals surface area contributed by atoms with Gasteiger partial charge in [0.2, 0.25) is 12.7 Å². The number of pyridine rings is 1. The molecule has 0 radical (unpaired) electrons. The molecule has 0 fully saturated rings. The number of carbonyl (C=O) groups excluding carboxylic acids is 1. The van der Waals surface area contributed by atoms with Crippen LogP contribution in [-0.4, -0.2) is 30.5 Å². The number of thiophene rings is 1. The number of aromatic nitrogens is 1. The maximum atomic E-state index is 12.7. The second kappa shape index (κ2) is 10.1. The van der Waals surface area contributed by atoms with Gasteiger partial charge in [-0.15, -0.1) is 11.3 Å². The Morgan fingerprint density at radius 3 is 2.74 bits per heavy atom. The Kier molecular flexibility index (Phi) is 6.57. The number of nitrogens with zero attached hydrogens (tertiary/aromatic N) is 2. The van der Waals surface area contributed by atoms with E-state index in [-0.39, 0.29) is 18.5 Å². The van der Waals surface area contributed by atoms with Crippen molar-refractivity contribution in [3.05, 3.63) is 71.6 Å². The molecule has 1 amide bonds. The Hall–Kier alpha value is -4.00. The third kappa shape index (κ3) is 4.94. The lowest BCUT2D eigenvalue weighted by atomic mass is 10.0. The lowest BCUT2D eigenvalue weighted by Gasteiger charge is -2.12. The fourth-order valence-electron chi connectivity index (χ4n) is 3.58. The van der Waals surface area contributed by atoms with Crippen LogP contribution < -0.4 is 19.5 Å². The second-order valence-electron chi connectivity index (χ2n) is 7.46. The first-order chi connectivity index (χ1) is 17.1. The van der Waals surface area contributed by atoms with E-state index in [2.05, 4.69) is 11.4 Å². The monoisotopic (exact) mass is 501 g/mol. The van der Waals surface area contributed by atoms with E-state index in [0.29, 0.717) is 33.5 Å². The molecule has 0 atom stereocenters. The summed E-state index contributed by atoms with van der Waals surface area (Å²) >= 11 is 2.78. The third-order valence-electron chi connectivity index (χ3n) is 5.27. The molecule has 5 rings (SSSR count). The van der Waals surface area contributed by atoms with Crippen molar-refractivity contribution in [2.75, 3.05) is 25.0 Å². The molecule has 7 nitrogen and oxygen atoms in total. The van der Waals surface area contributed by atoms with Gasteiger partial charge >= 0.3 is 0 Å².